The summed E-state index contributed by atoms with van der Waals surface area (Å²) in [6.07, 6.45) is 4.78. The standard InChI is InChI=1S/C3H3N2.Rh/c1-2-5-3-4-1;/h1-3H;/q-1;. The maximum Gasteiger partial charge on any atom is 0 e. The van der Waals surface area contributed by atoms with E-state index in [-0.39, 0.29) is 19.5 Å². The van der Waals surface area contributed by atoms with Crippen LogP contribution >= 0.6 is 0 Å². The van der Waals surface area contributed by atoms with E-state index in [2.05, 4.69) is 9.97 Å². The topological polar surface area (TPSA) is 27.0 Å². The Kier molecular flexibility index (Phi) is 2.96. The van der Waals surface area contributed by atoms with Gasteiger partial charge in [0.1, 0.15) is 0 Å². The molecule has 0 atom stereocenters. The zero-order valence-electron chi connectivity index (χ0n) is 2.96. The zero-order valence-corrected chi connectivity index (χ0v) is 4.60. The summed E-state index contributed by atoms with van der Waals surface area (Å²) in [7, 11) is 0. The SMILES string of the molecule is [Rh].c1c[n-]cn1. The summed E-state index contributed by atoms with van der Waals surface area (Å²) in [5.41, 5.74) is 0. The summed E-state index contributed by atoms with van der Waals surface area (Å²) < 4.78 is 0. The third-order valence-corrected chi connectivity index (χ3v) is 0.372. The van der Waals surface area contributed by atoms with Crippen molar-refractivity contribution in [1.82, 2.24) is 9.97 Å². The third kappa shape index (κ3) is 1.32. The van der Waals surface area contributed by atoms with Crippen molar-refractivity contribution in [3.63, 3.8) is 0 Å². The molecule has 0 saturated carbocycles. The molecule has 0 unspecified atom stereocenters. The minimum atomic E-state index is 0. The average molecular weight is 170 g/mol. The van der Waals surface area contributed by atoms with Gasteiger partial charge in [-0.3, -0.25) is 0 Å². The predicted octanol–water partition coefficient (Wildman–Crippen LogP) is 0.0363. The van der Waals surface area contributed by atoms with E-state index in [1.165, 1.54) is 6.33 Å². The van der Waals surface area contributed by atoms with Crippen LogP contribution in [0.1, 0.15) is 0 Å². The summed E-state index contributed by atoms with van der Waals surface area (Å²) >= 11 is 0. The van der Waals surface area contributed by atoms with Crippen LogP contribution in [0.25, 0.3) is 0 Å². The molecule has 0 spiro atoms. The number of hydrogen-bond donors (Lipinski definition) is 0. The quantitative estimate of drug-likeness (QED) is 0.514. The molecule has 0 bridgehead atoms. The van der Waals surface area contributed by atoms with Gasteiger partial charge in [0.25, 0.3) is 0 Å². The molecule has 0 fully saturated rings. The Bertz CT molecular complexity index is 65.3. The van der Waals surface area contributed by atoms with Crippen molar-refractivity contribution in [2.45, 2.75) is 0 Å². The molecule has 1 aromatic rings. The summed E-state index contributed by atoms with van der Waals surface area (Å²) in [6, 6.07) is 0. The number of hydrogen-bond acceptors (Lipinski definition) is 1. The van der Waals surface area contributed by atoms with Crippen molar-refractivity contribution in [3.05, 3.63) is 18.7 Å². The molecule has 0 N–H and O–H groups in total. The Hall–Kier alpha value is -0.167. The van der Waals surface area contributed by atoms with Gasteiger partial charge in [-0.05, 0) is 0 Å². The summed E-state index contributed by atoms with van der Waals surface area (Å²) in [5.74, 6) is 0. The maximum atomic E-state index is 3.61. The van der Waals surface area contributed by atoms with Crippen molar-refractivity contribution in [2.75, 3.05) is 0 Å². The minimum Gasteiger partial charge on any atom is -0.450 e. The molecule has 3 heteroatoms. The molecule has 2 nitrogen and oxygen atoms in total. The molecule has 0 aliphatic heterocycles. The van der Waals surface area contributed by atoms with Crippen LogP contribution in [-0.2, 0) is 19.5 Å². The fraction of sp³-hybridized carbons (Fsp3) is 0. The molecule has 0 saturated heterocycles. The molecule has 1 aromatic heterocycles. The molecule has 0 amide bonds. The van der Waals surface area contributed by atoms with Crippen molar-refractivity contribution in [1.29, 1.82) is 0 Å². The Balaban J connectivity index is 0.000000250. The van der Waals surface area contributed by atoms with Crippen LogP contribution in [0.15, 0.2) is 18.7 Å². The Morgan fingerprint density at radius 2 is 2.33 bits per heavy atom. The third-order valence-electron chi connectivity index (χ3n) is 0.372. The van der Waals surface area contributed by atoms with E-state index < -0.39 is 0 Å². The fourth-order valence-electron chi connectivity index (χ4n) is 0.192. The van der Waals surface area contributed by atoms with Crippen molar-refractivity contribution in [2.24, 2.45) is 0 Å². The van der Waals surface area contributed by atoms with E-state index >= 15 is 0 Å². The molecule has 0 aliphatic rings. The number of imidazole rings is 1. The van der Waals surface area contributed by atoms with Crippen LogP contribution < -0.4 is 4.98 Å². The number of aromatic nitrogens is 2. The first-order valence-corrected chi connectivity index (χ1v) is 1.37. The Labute approximate surface area is 48.7 Å². The van der Waals surface area contributed by atoms with Gasteiger partial charge in [-0.1, -0.05) is 18.7 Å². The van der Waals surface area contributed by atoms with Crippen molar-refractivity contribution < 1.29 is 19.5 Å². The molecule has 1 rings (SSSR count). The smallest absolute Gasteiger partial charge is 0 e. The number of rotatable bonds is 0. The second-order valence-corrected chi connectivity index (χ2v) is 0.712. The maximum absolute atomic E-state index is 3.61. The van der Waals surface area contributed by atoms with Gasteiger partial charge in [0.05, 0.1) is 0 Å². The van der Waals surface area contributed by atoms with E-state index in [1.807, 2.05) is 0 Å². The van der Waals surface area contributed by atoms with Gasteiger partial charge in [0.15, 0.2) is 0 Å². The second kappa shape index (κ2) is 3.04. The van der Waals surface area contributed by atoms with Crippen LogP contribution in [-0.4, -0.2) is 4.98 Å². The largest absolute Gasteiger partial charge is 0.450 e. The monoisotopic (exact) mass is 170 g/mol. The Morgan fingerprint density at radius 1 is 1.50 bits per heavy atom. The van der Waals surface area contributed by atoms with Gasteiger partial charge in [-0.25, -0.2) is 0 Å². The van der Waals surface area contributed by atoms with Gasteiger partial charge in [-0.15, -0.1) is 0 Å². The summed E-state index contributed by atoms with van der Waals surface area (Å²) in [6.45, 7) is 0. The molecule has 35 valence electrons. The molecular formula is C3H3N2Rh-. The molecule has 0 aliphatic carbocycles. The fourth-order valence-corrected chi connectivity index (χ4v) is 0.192. The molecule has 1 radical (unpaired) electrons. The summed E-state index contributed by atoms with van der Waals surface area (Å²) in [5, 5.41) is 0. The van der Waals surface area contributed by atoms with Gasteiger partial charge in [-0.2, -0.15) is 0 Å². The summed E-state index contributed by atoms with van der Waals surface area (Å²) in [4.78, 5) is 7.22. The van der Waals surface area contributed by atoms with E-state index in [9.17, 15) is 0 Å². The van der Waals surface area contributed by atoms with E-state index in [1.54, 1.807) is 12.4 Å². The predicted molar refractivity (Wildman–Crippen MR) is 17.6 cm³/mol. The molecule has 6 heavy (non-hydrogen) atoms. The van der Waals surface area contributed by atoms with Gasteiger partial charge >= 0.3 is 0 Å². The molecule has 1 heterocycles. The first-order chi connectivity index (χ1) is 2.50. The van der Waals surface area contributed by atoms with E-state index in [4.69, 9.17) is 0 Å². The minimum absolute atomic E-state index is 0. The van der Waals surface area contributed by atoms with E-state index in [0.29, 0.717) is 0 Å². The first kappa shape index (κ1) is 5.83. The van der Waals surface area contributed by atoms with Crippen molar-refractivity contribution in [3.8, 4) is 0 Å². The van der Waals surface area contributed by atoms with Gasteiger partial charge in [0.2, 0.25) is 0 Å². The first-order valence-electron chi connectivity index (χ1n) is 1.37. The Morgan fingerprint density at radius 3 is 2.50 bits per heavy atom. The van der Waals surface area contributed by atoms with Crippen molar-refractivity contribution >= 4 is 0 Å². The van der Waals surface area contributed by atoms with Crippen LogP contribution in [0.2, 0.25) is 0 Å². The van der Waals surface area contributed by atoms with Crippen LogP contribution in [0.5, 0.6) is 0 Å². The second-order valence-electron chi connectivity index (χ2n) is 0.712. The zero-order chi connectivity index (χ0) is 3.54. The van der Waals surface area contributed by atoms with Gasteiger partial charge in [0, 0.05) is 19.5 Å². The normalized spacial score (nSPS) is 6.67. The molecular weight excluding hydrogens is 167 g/mol. The van der Waals surface area contributed by atoms with Gasteiger partial charge < -0.3 is 9.97 Å². The van der Waals surface area contributed by atoms with Crippen LogP contribution in [0.3, 0.4) is 0 Å². The van der Waals surface area contributed by atoms with Crippen LogP contribution in [0, 0.1) is 0 Å². The van der Waals surface area contributed by atoms with Crippen LogP contribution in [0.4, 0.5) is 0 Å². The van der Waals surface area contributed by atoms with E-state index in [0.717, 1.165) is 0 Å². The number of nitrogens with zero attached hydrogens (tertiary/aromatic N) is 2. The average Bonchev–Trinajstić information content (AvgIpc) is 1.76. The molecule has 0 aromatic carbocycles.